The monoisotopic (exact) mass is 464 g/mol. The molecule has 0 aliphatic heterocycles. The first-order chi connectivity index (χ1) is 11.5. The predicted octanol–water partition coefficient (Wildman–Crippen LogP) is 3.34. The lowest BCUT2D eigenvalue weighted by Gasteiger charge is -2.15. The molecule has 0 aliphatic carbocycles. The maximum absolute atomic E-state index is 5.98. The highest BCUT2D eigenvalue weighted by Crippen LogP contribution is 2.15. The number of nitrogens with one attached hydrogen (secondary N) is 1. The summed E-state index contributed by atoms with van der Waals surface area (Å²) in [6.45, 7) is 8.05. The molecular weight excluding hydrogens is 431 g/mol. The summed E-state index contributed by atoms with van der Waals surface area (Å²) in [7, 11) is 1.64. The quantitative estimate of drug-likeness (QED) is 0.227. The number of hydrogen-bond donors (Lipinski definition) is 2. The van der Waals surface area contributed by atoms with Crippen LogP contribution in [0.4, 0.5) is 0 Å². The average molecular weight is 464 g/mol. The fraction of sp³-hybridized carbons (Fsp3) is 0.667. The first-order valence-corrected chi connectivity index (χ1v) is 8.65. The maximum Gasteiger partial charge on any atom is 0.218 e. The van der Waals surface area contributed by atoms with Crippen molar-refractivity contribution >= 4 is 29.9 Å². The van der Waals surface area contributed by atoms with Crippen molar-refractivity contribution in [1.29, 1.82) is 0 Å². The van der Waals surface area contributed by atoms with Crippen molar-refractivity contribution < 1.29 is 9.47 Å². The first-order valence-electron chi connectivity index (χ1n) is 8.65. The third kappa shape index (κ3) is 11.2. The lowest BCUT2D eigenvalue weighted by atomic mass is 10.0. The van der Waals surface area contributed by atoms with Crippen LogP contribution in [0, 0.1) is 5.92 Å². The Balaban J connectivity index is 0.00000576. The largest absolute Gasteiger partial charge is 0.475 e. The van der Waals surface area contributed by atoms with Gasteiger partial charge < -0.3 is 20.5 Å². The lowest BCUT2D eigenvalue weighted by Crippen LogP contribution is -2.38. The molecule has 6 nitrogen and oxygen atoms in total. The van der Waals surface area contributed by atoms with E-state index >= 15 is 0 Å². The molecule has 0 radical (unpaired) electrons. The summed E-state index contributed by atoms with van der Waals surface area (Å²) in [5.74, 6) is 1.78. The molecule has 144 valence electrons. The van der Waals surface area contributed by atoms with E-state index in [4.69, 9.17) is 15.2 Å². The van der Waals surface area contributed by atoms with Gasteiger partial charge in [-0.05, 0) is 25.3 Å². The number of nitrogens with zero attached hydrogens (tertiary/aromatic N) is 2. The van der Waals surface area contributed by atoms with Gasteiger partial charge in [0.1, 0.15) is 6.61 Å². The van der Waals surface area contributed by atoms with Crippen molar-refractivity contribution in [3.63, 3.8) is 0 Å². The number of hydrogen-bond acceptors (Lipinski definition) is 4. The Morgan fingerprint density at radius 3 is 2.72 bits per heavy atom. The van der Waals surface area contributed by atoms with Crippen LogP contribution in [-0.4, -0.2) is 37.3 Å². The van der Waals surface area contributed by atoms with Gasteiger partial charge in [-0.15, -0.1) is 24.0 Å². The van der Waals surface area contributed by atoms with Crippen molar-refractivity contribution in [2.75, 3.05) is 20.3 Å². The highest BCUT2D eigenvalue weighted by molar-refractivity contribution is 14.0. The highest BCUT2D eigenvalue weighted by atomic mass is 127. The molecule has 0 bridgehead atoms. The van der Waals surface area contributed by atoms with Gasteiger partial charge in [0.05, 0.1) is 13.2 Å². The fourth-order valence-electron chi connectivity index (χ4n) is 2.27. The molecule has 1 aromatic rings. The van der Waals surface area contributed by atoms with E-state index < -0.39 is 0 Å². The fourth-order valence-corrected chi connectivity index (χ4v) is 2.27. The molecule has 0 fully saturated rings. The van der Waals surface area contributed by atoms with E-state index in [1.54, 1.807) is 13.3 Å². The summed E-state index contributed by atoms with van der Waals surface area (Å²) in [4.78, 5) is 8.64. The van der Waals surface area contributed by atoms with Crippen molar-refractivity contribution in [2.45, 2.75) is 52.6 Å². The Bertz CT molecular complexity index is 498. The van der Waals surface area contributed by atoms with Crippen LogP contribution in [0.3, 0.4) is 0 Å². The van der Waals surface area contributed by atoms with Crippen LogP contribution in [0.2, 0.25) is 0 Å². The summed E-state index contributed by atoms with van der Waals surface area (Å²) in [5, 5.41) is 3.24. The predicted molar refractivity (Wildman–Crippen MR) is 114 cm³/mol. The minimum atomic E-state index is 0. The van der Waals surface area contributed by atoms with Gasteiger partial charge in [0.25, 0.3) is 0 Å². The second-order valence-corrected chi connectivity index (χ2v) is 6.38. The molecule has 1 atom stereocenters. The van der Waals surface area contributed by atoms with Crippen LogP contribution in [0.1, 0.15) is 45.6 Å². The van der Waals surface area contributed by atoms with Gasteiger partial charge in [-0.3, -0.25) is 0 Å². The summed E-state index contributed by atoms with van der Waals surface area (Å²) < 4.78 is 10.6. The van der Waals surface area contributed by atoms with Gasteiger partial charge in [0, 0.05) is 24.9 Å². The molecule has 0 amide bonds. The maximum atomic E-state index is 5.98. The van der Waals surface area contributed by atoms with Crippen LogP contribution >= 0.6 is 24.0 Å². The van der Waals surface area contributed by atoms with Crippen molar-refractivity contribution in [1.82, 2.24) is 10.3 Å². The van der Waals surface area contributed by atoms with Gasteiger partial charge >= 0.3 is 0 Å². The smallest absolute Gasteiger partial charge is 0.218 e. The van der Waals surface area contributed by atoms with Crippen molar-refractivity contribution in [3.05, 3.63) is 23.9 Å². The molecule has 1 aromatic heterocycles. The van der Waals surface area contributed by atoms with E-state index in [9.17, 15) is 0 Å². The number of aromatic nitrogens is 1. The molecule has 25 heavy (non-hydrogen) atoms. The summed E-state index contributed by atoms with van der Waals surface area (Å²) >= 11 is 0. The van der Waals surface area contributed by atoms with E-state index in [1.165, 1.54) is 12.8 Å². The standard InChI is InChI=1S/C18H32N4O2.HI/c1-14(2)7-5-8-15(3)22-18(19)21-13-16-9-6-10-20-17(16)24-12-11-23-4;/h6,9-10,14-15H,5,7-8,11-13H2,1-4H3,(H3,19,21,22);1H. The molecule has 3 N–H and O–H groups in total. The van der Waals surface area contributed by atoms with Gasteiger partial charge in [-0.1, -0.05) is 32.8 Å². The number of methoxy groups -OCH3 is 1. The van der Waals surface area contributed by atoms with Gasteiger partial charge in [0.2, 0.25) is 5.88 Å². The lowest BCUT2D eigenvalue weighted by molar-refractivity contribution is 0.143. The zero-order valence-corrected chi connectivity index (χ0v) is 18.2. The van der Waals surface area contributed by atoms with Gasteiger partial charge in [-0.25, -0.2) is 9.98 Å². The van der Waals surface area contributed by atoms with Crippen molar-refractivity contribution in [3.8, 4) is 5.88 Å². The first kappa shape index (κ1) is 23.9. The molecule has 0 aliphatic rings. The number of aliphatic imine (C=N–C) groups is 1. The SMILES string of the molecule is COCCOc1ncccc1CN=C(N)NC(C)CCCC(C)C.I. The van der Waals surface area contributed by atoms with Gasteiger partial charge in [0.15, 0.2) is 5.96 Å². The zero-order chi connectivity index (χ0) is 17.8. The van der Waals surface area contributed by atoms with E-state index in [2.05, 4.69) is 36.1 Å². The number of nitrogens with two attached hydrogens (primary N) is 1. The third-order valence-electron chi connectivity index (χ3n) is 3.61. The van der Waals surface area contributed by atoms with Crippen LogP contribution in [0.15, 0.2) is 23.3 Å². The number of ether oxygens (including phenoxy) is 2. The minimum absolute atomic E-state index is 0. The third-order valence-corrected chi connectivity index (χ3v) is 3.61. The molecule has 0 saturated carbocycles. The van der Waals surface area contributed by atoms with E-state index in [-0.39, 0.29) is 24.0 Å². The highest BCUT2D eigenvalue weighted by Gasteiger charge is 2.06. The topological polar surface area (TPSA) is 81.8 Å². The van der Waals surface area contributed by atoms with Crippen LogP contribution in [0.25, 0.3) is 0 Å². The Kier molecular flexibility index (Phi) is 13.5. The Morgan fingerprint density at radius 1 is 1.28 bits per heavy atom. The summed E-state index contributed by atoms with van der Waals surface area (Å²) in [6, 6.07) is 4.13. The zero-order valence-electron chi connectivity index (χ0n) is 15.8. The summed E-state index contributed by atoms with van der Waals surface area (Å²) in [5.41, 5.74) is 6.89. The molecule has 0 aromatic carbocycles. The molecule has 1 rings (SSSR count). The van der Waals surface area contributed by atoms with Crippen LogP contribution < -0.4 is 15.8 Å². The van der Waals surface area contributed by atoms with E-state index in [0.717, 1.165) is 17.9 Å². The molecule has 1 heterocycles. The number of pyridine rings is 1. The normalized spacial score (nSPS) is 12.6. The molecule has 0 spiro atoms. The Morgan fingerprint density at radius 2 is 2.04 bits per heavy atom. The molecule has 7 heteroatoms. The van der Waals surface area contributed by atoms with Crippen molar-refractivity contribution in [2.24, 2.45) is 16.6 Å². The van der Waals surface area contributed by atoms with Gasteiger partial charge in [-0.2, -0.15) is 0 Å². The second-order valence-electron chi connectivity index (χ2n) is 6.38. The average Bonchev–Trinajstić information content (AvgIpc) is 2.53. The summed E-state index contributed by atoms with van der Waals surface area (Å²) in [6.07, 6.45) is 5.22. The van der Waals surface area contributed by atoms with E-state index in [0.29, 0.717) is 37.6 Å². The van der Waals surface area contributed by atoms with Crippen LogP contribution in [0.5, 0.6) is 5.88 Å². The molecular formula is C18H33IN4O2. The molecule has 0 saturated heterocycles. The van der Waals surface area contributed by atoms with E-state index in [1.807, 2.05) is 12.1 Å². The Labute approximate surface area is 169 Å². The number of rotatable bonds is 11. The second kappa shape index (κ2) is 14.1. The Hall–Kier alpha value is -1.09. The van der Waals surface area contributed by atoms with Crippen LogP contribution in [-0.2, 0) is 11.3 Å². The molecule has 1 unspecified atom stereocenters. The number of guanidine groups is 1. The number of halogens is 1. The minimum Gasteiger partial charge on any atom is -0.475 e.